The third-order valence-electron chi connectivity index (χ3n) is 0. The van der Waals surface area contributed by atoms with Gasteiger partial charge in [-0.1, -0.05) is 0 Å². The van der Waals surface area contributed by atoms with Gasteiger partial charge in [-0.2, -0.15) is 8.42 Å². The summed E-state index contributed by atoms with van der Waals surface area (Å²) in [5.41, 5.74) is 0. The van der Waals surface area contributed by atoms with Crippen LogP contribution in [-0.2, 0) is 15.2 Å². The Morgan fingerprint density at radius 2 is 1.30 bits per heavy atom. The van der Waals surface area contributed by atoms with Crippen molar-refractivity contribution in [2.45, 2.75) is 6.92 Å². The molecule has 0 aliphatic rings. The summed E-state index contributed by atoms with van der Waals surface area (Å²) in [7, 11) is -4.67. The van der Waals surface area contributed by atoms with Gasteiger partial charge in [0.1, 0.15) is 0 Å². The van der Waals surface area contributed by atoms with Gasteiger partial charge in [-0.3, -0.25) is 13.9 Å². The standard InChI is InChI=1S/C2H4O2.In.H2O4S/c1-2(3)4;;1-5(2,3)4/h1H3,(H,3,4);;(H2,1,2,3,4). The molecule has 0 aliphatic heterocycles. The maximum atomic E-state index is 9.00. The van der Waals surface area contributed by atoms with Crippen molar-refractivity contribution in [1.29, 1.82) is 0 Å². The number of carboxylic acids is 1. The van der Waals surface area contributed by atoms with Gasteiger partial charge >= 0.3 is 10.4 Å². The largest absolute Gasteiger partial charge is 0.481 e. The number of hydrogen-bond acceptors (Lipinski definition) is 3. The molecule has 0 aliphatic carbocycles. The van der Waals surface area contributed by atoms with Gasteiger partial charge in [0.25, 0.3) is 5.97 Å². The van der Waals surface area contributed by atoms with Crippen LogP contribution in [0.1, 0.15) is 6.92 Å². The van der Waals surface area contributed by atoms with E-state index < -0.39 is 16.4 Å². The van der Waals surface area contributed by atoms with E-state index in [1.54, 1.807) is 0 Å². The number of hydrogen-bond donors (Lipinski definition) is 3. The van der Waals surface area contributed by atoms with Crippen LogP contribution in [0.2, 0.25) is 0 Å². The van der Waals surface area contributed by atoms with Crippen molar-refractivity contribution in [2.24, 2.45) is 0 Å². The first-order valence-corrected chi connectivity index (χ1v) is 3.02. The monoisotopic (exact) mass is 273 g/mol. The number of carboxylic acid groups (broad SMARTS) is 1. The maximum absolute atomic E-state index is 9.00. The summed E-state index contributed by atoms with van der Waals surface area (Å²) in [6, 6.07) is 0. The molecule has 0 rings (SSSR count). The molecular weight excluding hydrogens is 267 g/mol. The molecule has 0 aromatic heterocycles. The molecule has 0 heterocycles. The molecule has 0 bridgehead atoms. The van der Waals surface area contributed by atoms with Crippen LogP contribution in [0.15, 0.2) is 0 Å². The minimum Gasteiger partial charge on any atom is -0.481 e. The molecule has 0 atom stereocenters. The Morgan fingerprint density at radius 1 is 1.30 bits per heavy atom. The van der Waals surface area contributed by atoms with Gasteiger partial charge < -0.3 is 5.11 Å². The van der Waals surface area contributed by atoms with E-state index in [1.807, 2.05) is 0 Å². The second-order valence-electron chi connectivity index (χ2n) is 0.967. The predicted molar refractivity (Wildman–Crippen MR) is 33.2 cm³/mol. The molecule has 6 nitrogen and oxygen atoms in total. The van der Waals surface area contributed by atoms with Crippen LogP contribution in [-0.4, -0.2) is 54.4 Å². The van der Waals surface area contributed by atoms with Gasteiger partial charge in [0.2, 0.25) is 0 Å². The molecule has 0 saturated carbocycles. The van der Waals surface area contributed by atoms with Gasteiger partial charge in [-0.05, 0) is 0 Å². The Balaban J connectivity index is -0.0000000910. The van der Waals surface area contributed by atoms with E-state index in [4.69, 9.17) is 27.4 Å². The molecule has 0 fully saturated rings. The Labute approximate surface area is 76.6 Å². The van der Waals surface area contributed by atoms with E-state index in [9.17, 15) is 0 Å². The van der Waals surface area contributed by atoms with Crippen molar-refractivity contribution in [3.63, 3.8) is 0 Å². The molecule has 0 amide bonds. The summed E-state index contributed by atoms with van der Waals surface area (Å²) in [4.78, 5) is 9.00. The summed E-state index contributed by atoms with van der Waals surface area (Å²) in [5.74, 6) is -0.833. The fourth-order valence-corrected chi connectivity index (χ4v) is 0. The molecule has 10 heavy (non-hydrogen) atoms. The molecule has 0 saturated heterocycles. The van der Waals surface area contributed by atoms with Crippen LogP contribution >= 0.6 is 0 Å². The predicted octanol–water partition coefficient (Wildman–Crippen LogP) is -0.943. The zero-order valence-electron chi connectivity index (χ0n) is 5.05. The number of carbonyl (C=O) groups is 1. The van der Waals surface area contributed by atoms with Crippen molar-refractivity contribution in [3.8, 4) is 0 Å². The van der Waals surface area contributed by atoms with E-state index in [2.05, 4.69) is 0 Å². The summed E-state index contributed by atoms with van der Waals surface area (Å²) >= 11 is 0. The fourth-order valence-electron chi connectivity index (χ4n) is 0. The Kier molecular flexibility index (Phi) is 12.2. The summed E-state index contributed by atoms with van der Waals surface area (Å²) in [6.45, 7) is 1.08. The van der Waals surface area contributed by atoms with Gasteiger partial charge in [-0.25, -0.2) is 0 Å². The van der Waals surface area contributed by atoms with E-state index in [-0.39, 0.29) is 25.8 Å². The van der Waals surface area contributed by atoms with Crippen LogP contribution in [0.3, 0.4) is 0 Å². The minimum absolute atomic E-state index is 0. The minimum atomic E-state index is -4.67. The normalized spacial score (nSPS) is 8.30. The van der Waals surface area contributed by atoms with Crippen molar-refractivity contribution >= 4 is 42.2 Å². The third kappa shape index (κ3) is 9670. The molecule has 3 radical (unpaired) electrons. The first kappa shape index (κ1) is 16.7. The molecule has 3 N–H and O–H groups in total. The Hall–Kier alpha value is 0.210. The fraction of sp³-hybridized carbons (Fsp3) is 0.500. The molecule has 0 aromatic carbocycles. The van der Waals surface area contributed by atoms with Crippen LogP contribution < -0.4 is 0 Å². The van der Waals surface area contributed by atoms with Crippen molar-refractivity contribution in [1.82, 2.24) is 0 Å². The van der Waals surface area contributed by atoms with E-state index in [1.165, 1.54) is 0 Å². The van der Waals surface area contributed by atoms with Crippen molar-refractivity contribution < 1.29 is 27.4 Å². The van der Waals surface area contributed by atoms with Crippen LogP contribution in [0.4, 0.5) is 0 Å². The van der Waals surface area contributed by atoms with E-state index >= 15 is 0 Å². The van der Waals surface area contributed by atoms with Crippen LogP contribution in [0.25, 0.3) is 0 Å². The second kappa shape index (κ2) is 7.32. The maximum Gasteiger partial charge on any atom is 0.394 e. The Bertz CT molecular complexity index is 158. The van der Waals surface area contributed by atoms with Gasteiger partial charge in [0.15, 0.2) is 0 Å². The summed E-state index contributed by atoms with van der Waals surface area (Å²) < 4.78 is 31.6. The van der Waals surface area contributed by atoms with Crippen LogP contribution in [0, 0.1) is 0 Å². The van der Waals surface area contributed by atoms with Gasteiger partial charge in [0.05, 0.1) is 0 Å². The molecule has 59 valence electrons. The van der Waals surface area contributed by atoms with E-state index in [0.717, 1.165) is 6.92 Å². The zero-order valence-corrected chi connectivity index (χ0v) is 9.16. The van der Waals surface area contributed by atoms with Crippen LogP contribution in [0.5, 0.6) is 0 Å². The van der Waals surface area contributed by atoms with Crippen molar-refractivity contribution in [3.05, 3.63) is 0 Å². The molecule has 0 aromatic rings. The average Bonchev–Trinajstić information content (AvgIpc) is 1.19. The Morgan fingerprint density at radius 3 is 1.30 bits per heavy atom. The molecule has 8 heteroatoms. The molecule has 0 unspecified atom stereocenters. The van der Waals surface area contributed by atoms with Gasteiger partial charge in [0, 0.05) is 32.8 Å². The topological polar surface area (TPSA) is 112 Å². The zero-order chi connectivity index (χ0) is 8.08. The first-order chi connectivity index (χ1) is 3.73. The summed E-state index contributed by atoms with van der Waals surface area (Å²) in [5, 5.41) is 7.42. The second-order valence-corrected chi connectivity index (χ2v) is 1.86. The molecular formula is C2H6InO6S. The average molecular weight is 273 g/mol. The summed E-state index contributed by atoms with van der Waals surface area (Å²) in [6.07, 6.45) is 0. The smallest absolute Gasteiger partial charge is 0.394 e. The number of rotatable bonds is 0. The van der Waals surface area contributed by atoms with E-state index in [0.29, 0.717) is 0 Å². The molecule has 0 spiro atoms. The van der Waals surface area contributed by atoms with Crippen molar-refractivity contribution in [2.75, 3.05) is 0 Å². The quantitative estimate of drug-likeness (QED) is 0.491. The third-order valence-corrected chi connectivity index (χ3v) is 0. The first-order valence-electron chi connectivity index (χ1n) is 1.63. The number of aliphatic carboxylic acids is 1. The van der Waals surface area contributed by atoms with Gasteiger partial charge in [-0.15, -0.1) is 0 Å². The SMILES string of the molecule is CC(=O)O.O=S(=O)(O)O.[In].